The lowest BCUT2D eigenvalue weighted by Gasteiger charge is -2.21. The fraction of sp³-hybridized carbons (Fsp3) is 0.174. The smallest absolute Gasteiger partial charge is 0.270 e. The van der Waals surface area contributed by atoms with Crippen LogP contribution in [0, 0.1) is 5.41 Å². The largest absolute Gasteiger partial charge is 0.385 e. The zero-order valence-electron chi connectivity index (χ0n) is 15.9. The second kappa shape index (κ2) is 7.39. The van der Waals surface area contributed by atoms with Crippen molar-refractivity contribution in [2.75, 3.05) is 0 Å². The lowest BCUT2D eigenvalue weighted by Crippen LogP contribution is -2.35. The third-order valence-corrected chi connectivity index (χ3v) is 5.48. The standard InChI is InChI=1S/C23H22N4O2/c1-2-3-9-18-20(24)27-22(29)23(18)11-16-10-19(25-14-17(16)12-23)21(28)26-13-15-7-5-4-6-8-15/h2-10,14H,1,11-13,24H2,(H,26,28)(H,27,29)/b9-3-. The molecule has 1 aromatic carbocycles. The van der Waals surface area contributed by atoms with Crippen LogP contribution in [0.15, 0.2) is 78.8 Å². The first-order valence-electron chi connectivity index (χ1n) is 9.44. The zero-order chi connectivity index (χ0) is 20.4. The molecule has 0 radical (unpaired) electrons. The van der Waals surface area contributed by atoms with Gasteiger partial charge in [-0.25, -0.2) is 0 Å². The number of nitrogens with one attached hydrogen (secondary N) is 2. The predicted molar refractivity (Wildman–Crippen MR) is 110 cm³/mol. The van der Waals surface area contributed by atoms with Gasteiger partial charge in [0.2, 0.25) is 5.91 Å². The van der Waals surface area contributed by atoms with Crippen molar-refractivity contribution in [1.82, 2.24) is 15.6 Å². The van der Waals surface area contributed by atoms with E-state index in [0.29, 0.717) is 30.9 Å². The molecule has 2 aromatic rings. The molecular formula is C23H22N4O2. The average molecular weight is 386 g/mol. The summed E-state index contributed by atoms with van der Waals surface area (Å²) in [6.07, 6.45) is 7.92. The molecule has 6 heteroatoms. The monoisotopic (exact) mass is 386 g/mol. The molecule has 0 fully saturated rings. The number of carbonyl (C=O) groups excluding carboxylic acids is 2. The lowest BCUT2D eigenvalue weighted by molar-refractivity contribution is -0.126. The summed E-state index contributed by atoms with van der Waals surface area (Å²) >= 11 is 0. The van der Waals surface area contributed by atoms with Crippen LogP contribution in [0.2, 0.25) is 0 Å². The van der Waals surface area contributed by atoms with Gasteiger partial charge in [0.25, 0.3) is 5.91 Å². The Balaban J connectivity index is 1.55. The third-order valence-electron chi connectivity index (χ3n) is 5.48. The molecule has 29 heavy (non-hydrogen) atoms. The third kappa shape index (κ3) is 3.33. The van der Waals surface area contributed by atoms with Gasteiger partial charge in [0, 0.05) is 18.3 Å². The Bertz CT molecular complexity index is 1060. The van der Waals surface area contributed by atoms with E-state index in [1.807, 2.05) is 36.4 Å². The van der Waals surface area contributed by atoms with Gasteiger partial charge in [-0.15, -0.1) is 0 Å². The molecule has 0 saturated heterocycles. The van der Waals surface area contributed by atoms with Crippen LogP contribution in [0.1, 0.15) is 27.2 Å². The number of benzene rings is 1. The number of allylic oxidation sites excluding steroid dienone is 3. The lowest BCUT2D eigenvalue weighted by atomic mass is 9.78. The number of hydrogen-bond donors (Lipinski definition) is 3. The van der Waals surface area contributed by atoms with Crippen LogP contribution in [0.5, 0.6) is 0 Å². The predicted octanol–water partition coefficient (Wildman–Crippen LogP) is 2.14. The maximum atomic E-state index is 12.7. The first kappa shape index (κ1) is 18.7. The molecule has 0 bridgehead atoms. The van der Waals surface area contributed by atoms with E-state index in [1.54, 1.807) is 24.4 Å². The van der Waals surface area contributed by atoms with E-state index in [2.05, 4.69) is 22.2 Å². The molecule has 2 amide bonds. The van der Waals surface area contributed by atoms with Gasteiger partial charge in [0.15, 0.2) is 0 Å². The summed E-state index contributed by atoms with van der Waals surface area (Å²) in [7, 11) is 0. The maximum Gasteiger partial charge on any atom is 0.270 e. The SMILES string of the molecule is C=C/C=C\C1=C(N)NC(=O)C12Cc1cnc(C(=O)NCc3ccccc3)cc1C2. The summed E-state index contributed by atoms with van der Waals surface area (Å²) in [4.78, 5) is 29.6. The molecule has 1 spiro atoms. The molecule has 4 N–H and O–H groups in total. The van der Waals surface area contributed by atoms with Crippen LogP contribution in [0.4, 0.5) is 0 Å². The van der Waals surface area contributed by atoms with E-state index in [9.17, 15) is 9.59 Å². The Morgan fingerprint density at radius 3 is 2.79 bits per heavy atom. The zero-order valence-corrected chi connectivity index (χ0v) is 15.9. The van der Waals surface area contributed by atoms with E-state index in [-0.39, 0.29) is 11.8 Å². The number of hydrogen-bond acceptors (Lipinski definition) is 4. The second-order valence-corrected chi connectivity index (χ2v) is 7.32. The number of nitrogens with two attached hydrogens (primary N) is 1. The number of amides is 2. The fourth-order valence-corrected chi connectivity index (χ4v) is 4.01. The highest BCUT2D eigenvalue weighted by Gasteiger charge is 2.51. The second-order valence-electron chi connectivity index (χ2n) is 7.32. The van der Waals surface area contributed by atoms with Crippen molar-refractivity contribution in [2.24, 2.45) is 11.1 Å². The Morgan fingerprint density at radius 2 is 2.03 bits per heavy atom. The number of aromatic nitrogens is 1. The highest BCUT2D eigenvalue weighted by molar-refractivity contribution is 5.95. The van der Waals surface area contributed by atoms with Crippen molar-refractivity contribution in [3.05, 3.63) is 101 Å². The van der Waals surface area contributed by atoms with E-state index >= 15 is 0 Å². The van der Waals surface area contributed by atoms with Gasteiger partial charge in [-0.3, -0.25) is 14.6 Å². The Morgan fingerprint density at radius 1 is 1.28 bits per heavy atom. The first-order chi connectivity index (χ1) is 14.0. The minimum atomic E-state index is -0.757. The molecule has 1 unspecified atom stereocenters. The summed E-state index contributed by atoms with van der Waals surface area (Å²) in [5, 5.41) is 5.64. The van der Waals surface area contributed by atoms with Gasteiger partial charge in [0.1, 0.15) is 11.5 Å². The van der Waals surface area contributed by atoms with Crippen molar-refractivity contribution in [3.8, 4) is 0 Å². The number of carbonyl (C=O) groups is 2. The molecule has 2 heterocycles. The van der Waals surface area contributed by atoms with Crippen molar-refractivity contribution in [1.29, 1.82) is 0 Å². The number of fused-ring (bicyclic) bond motifs is 1. The Labute approximate surface area is 169 Å². The van der Waals surface area contributed by atoms with E-state index < -0.39 is 5.41 Å². The summed E-state index contributed by atoms with van der Waals surface area (Å²) < 4.78 is 0. The van der Waals surface area contributed by atoms with Gasteiger partial charge < -0.3 is 16.4 Å². The van der Waals surface area contributed by atoms with Crippen molar-refractivity contribution in [3.63, 3.8) is 0 Å². The van der Waals surface area contributed by atoms with Crippen LogP contribution >= 0.6 is 0 Å². The molecule has 1 aromatic heterocycles. The topological polar surface area (TPSA) is 97.1 Å². The van der Waals surface area contributed by atoms with Crippen LogP contribution in [-0.4, -0.2) is 16.8 Å². The fourth-order valence-electron chi connectivity index (χ4n) is 4.01. The number of nitrogens with zero attached hydrogens (tertiary/aromatic N) is 1. The molecule has 1 aliphatic carbocycles. The molecular weight excluding hydrogens is 364 g/mol. The van der Waals surface area contributed by atoms with E-state index in [4.69, 9.17) is 5.73 Å². The highest BCUT2D eigenvalue weighted by atomic mass is 16.2. The molecule has 146 valence electrons. The minimum absolute atomic E-state index is 0.120. The van der Waals surface area contributed by atoms with Crippen molar-refractivity contribution < 1.29 is 9.59 Å². The van der Waals surface area contributed by atoms with Gasteiger partial charge in [-0.1, -0.05) is 55.1 Å². The van der Waals surface area contributed by atoms with Crippen molar-refractivity contribution >= 4 is 11.8 Å². The normalized spacial score (nSPS) is 20.2. The Kier molecular flexibility index (Phi) is 4.76. The van der Waals surface area contributed by atoms with E-state index in [1.165, 1.54) is 0 Å². The maximum absolute atomic E-state index is 12.7. The van der Waals surface area contributed by atoms with Gasteiger partial charge in [-0.2, -0.15) is 0 Å². The molecule has 0 saturated carbocycles. The summed E-state index contributed by atoms with van der Waals surface area (Å²) in [5.41, 5.74) is 9.32. The van der Waals surface area contributed by atoms with Crippen LogP contribution < -0.4 is 16.4 Å². The Hall–Kier alpha value is -3.67. The molecule has 1 aliphatic heterocycles. The van der Waals surface area contributed by atoms with Crippen molar-refractivity contribution in [2.45, 2.75) is 19.4 Å². The molecule has 2 aliphatic rings. The average Bonchev–Trinajstić information content (AvgIpc) is 3.22. The van der Waals surface area contributed by atoms with Crippen LogP contribution in [0.25, 0.3) is 0 Å². The summed E-state index contributed by atoms with van der Waals surface area (Å²) in [6, 6.07) is 11.5. The van der Waals surface area contributed by atoms with Crippen LogP contribution in [-0.2, 0) is 24.2 Å². The number of rotatable bonds is 5. The minimum Gasteiger partial charge on any atom is -0.385 e. The summed E-state index contributed by atoms with van der Waals surface area (Å²) in [5.74, 6) is 0.00925. The van der Waals surface area contributed by atoms with Gasteiger partial charge in [0.05, 0.1) is 5.41 Å². The van der Waals surface area contributed by atoms with E-state index in [0.717, 1.165) is 22.3 Å². The molecule has 6 nitrogen and oxygen atoms in total. The number of pyridine rings is 1. The molecule has 1 atom stereocenters. The van der Waals surface area contributed by atoms with Gasteiger partial charge >= 0.3 is 0 Å². The molecule has 4 rings (SSSR count). The first-order valence-corrected chi connectivity index (χ1v) is 9.44. The highest BCUT2D eigenvalue weighted by Crippen LogP contribution is 2.46. The van der Waals surface area contributed by atoms with Crippen LogP contribution in [0.3, 0.4) is 0 Å². The van der Waals surface area contributed by atoms with Gasteiger partial charge in [-0.05, 0) is 35.6 Å². The quantitative estimate of drug-likeness (QED) is 0.686. The summed E-state index contributed by atoms with van der Waals surface area (Å²) in [6.45, 7) is 4.11.